The summed E-state index contributed by atoms with van der Waals surface area (Å²) in [4.78, 5) is 37.2. The van der Waals surface area contributed by atoms with Crippen LogP contribution >= 0.6 is 0 Å². The topological polar surface area (TPSA) is 92.0 Å². The molecule has 0 N–H and O–H groups in total. The molecule has 0 radical (unpaired) electrons. The Morgan fingerprint density at radius 2 is 1.65 bits per heavy atom. The predicted molar refractivity (Wildman–Crippen MR) is 136 cm³/mol. The zero-order valence-corrected chi connectivity index (χ0v) is 19.7. The molecule has 0 spiro atoms. The number of ether oxygens (including phenoxy) is 3. The number of carbonyl (C=O) groups is 2. The van der Waals surface area contributed by atoms with Crippen molar-refractivity contribution in [3.05, 3.63) is 112 Å². The third kappa shape index (κ3) is 3.90. The van der Waals surface area contributed by atoms with Gasteiger partial charge in [-0.3, -0.25) is 4.79 Å². The maximum absolute atomic E-state index is 12.8. The van der Waals surface area contributed by atoms with Crippen molar-refractivity contribution in [3.8, 4) is 28.2 Å². The van der Waals surface area contributed by atoms with E-state index < -0.39 is 18.2 Å². The van der Waals surface area contributed by atoms with Gasteiger partial charge in [0.2, 0.25) is 0 Å². The fraction of sp³-hybridized carbons (Fsp3) is 0.100. The van der Waals surface area contributed by atoms with E-state index in [-0.39, 0.29) is 12.0 Å². The summed E-state index contributed by atoms with van der Waals surface area (Å²) < 4.78 is 22.8. The van der Waals surface area contributed by atoms with Gasteiger partial charge in [-0.05, 0) is 48.9 Å². The maximum atomic E-state index is 12.8. The Hall–Kier alpha value is -4.91. The first-order valence-corrected chi connectivity index (χ1v) is 11.8. The maximum Gasteiger partial charge on any atom is 0.342 e. The molecule has 7 heteroatoms. The Kier molecular flexibility index (Phi) is 5.45. The smallest absolute Gasteiger partial charge is 0.342 e. The van der Waals surface area contributed by atoms with Crippen LogP contribution in [0.1, 0.15) is 39.5 Å². The lowest BCUT2D eigenvalue weighted by molar-refractivity contribution is -0.0381. The minimum atomic E-state index is -0.890. The molecule has 1 unspecified atom stereocenters. The quantitative estimate of drug-likeness (QED) is 0.220. The van der Waals surface area contributed by atoms with Gasteiger partial charge in [0, 0.05) is 34.2 Å². The lowest BCUT2D eigenvalue weighted by Crippen LogP contribution is -2.08. The Labute approximate surface area is 211 Å². The summed E-state index contributed by atoms with van der Waals surface area (Å²) >= 11 is 0. The number of benzene rings is 4. The molecule has 0 saturated heterocycles. The standard InChI is InChI=1S/C30H20O7/c1-2-34-28(32)20-8-4-3-7-19(20)27-23-13-11-17(31)15-25(23)36-26-16-18(12-14-24(26)27)35-30-22-10-6-5-9-21(22)29(33)37-30/h3-16,30H,2H2,1H3. The van der Waals surface area contributed by atoms with Crippen LogP contribution in [-0.2, 0) is 9.47 Å². The zero-order chi connectivity index (χ0) is 25.5. The van der Waals surface area contributed by atoms with Gasteiger partial charge in [-0.2, -0.15) is 0 Å². The molecule has 6 rings (SSSR count). The highest BCUT2D eigenvalue weighted by molar-refractivity contribution is 6.08. The molecule has 0 fully saturated rings. The van der Waals surface area contributed by atoms with Gasteiger partial charge in [0.1, 0.15) is 17.1 Å². The Morgan fingerprint density at radius 3 is 2.49 bits per heavy atom. The van der Waals surface area contributed by atoms with Crippen LogP contribution in [0.4, 0.5) is 0 Å². The first kappa shape index (κ1) is 22.5. The van der Waals surface area contributed by atoms with Gasteiger partial charge < -0.3 is 18.6 Å². The lowest BCUT2D eigenvalue weighted by Gasteiger charge is -2.18. The van der Waals surface area contributed by atoms with Crippen molar-refractivity contribution >= 4 is 22.9 Å². The second-order valence-corrected chi connectivity index (χ2v) is 8.50. The average molecular weight is 492 g/mol. The summed E-state index contributed by atoms with van der Waals surface area (Å²) in [6.45, 7) is 2.00. The molecule has 3 aliphatic rings. The third-order valence-electron chi connectivity index (χ3n) is 6.25. The molecule has 0 bridgehead atoms. The van der Waals surface area contributed by atoms with Crippen molar-refractivity contribution in [1.29, 1.82) is 0 Å². The van der Waals surface area contributed by atoms with E-state index in [0.29, 0.717) is 50.3 Å². The van der Waals surface area contributed by atoms with Gasteiger partial charge in [0.25, 0.3) is 6.29 Å². The van der Waals surface area contributed by atoms with E-state index in [2.05, 4.69) is 0 Å². The highest BCUT2D eigenvalue weighted by atomic mass is 16.7. The molecular formula is C30H20O7. The molecule has 1 aliphatic carbocycles. The van der Waals surface area contributed by atoms with Gasteiger partial charge >= 0.3 is 11.9 Å². The van der Waals surface area contributed by atoms with E-state index in [1.807, 2.05) is 24.3 Å². The molecule has 2 heterocycles. The van der Waals surface area contributed by atoms with Crippen LogP contribution in [-0.4, -0.2) is 18.5 Å². The number of cyclic esters (lactones) is 1. The van der Waals surface area contributed by atoms with Crippen LogP contribution in [0.2, 0.25) is 0 Å². The molecule has 182 valence electrons. The summed E-state index contributed by atoms with van der Waals surface area (Å²) in [7, 11) is 0. The fourth-order valence-corrected chi connectivity index (χ4v) is 4.63. The number of rotatable bonds is 5. The van der Waals surface area contributed by atoms with E-state index in [1.165, 1.54) is 12.1 Å². The molecule has 37 heavy (non-hydrogen) atoms. The van der Waals surface area contributed by atoms with Crippen molar-refractivity contribution in [1.82, 2.24) is 0 Å². The van der Waals surface area contributed by atoms with Crippen molar-refractivity contribution < 1.29 is 28.2 Å². The first-order chi connectivity index (χ1) is 18.0. The van der Waals surface area contributed by atoms with Gasteiger partial charge in [-0.25, -0.2) is 9.59 Å². The minimum absolute atomic E-state index is 0.206. The van der Waals surface area contributed by atoms with Gasteiger partial charge in [-0.15, -0.1) is 0 Å². The van der Waals surface area contributed by atoms with E-state index in [1.54, 1.807) is 55.5 Å². The van der Waals surface area contributed by atoms with Gasteiger partial charge in [-0.1, -0.05) is 36.4 Å². The summed E-state index contributed by atoms with van der Waals surface area (Å²) in [5.74, 6) is -0.114. The fourth-order valence-electron chi connectivity index (χ4n) is 4.63. The van der Waals surface area contributed by atoms with E-state index in [9.17, 15) is 14.4 Å². The van der Waals surface area contributed by atoms with Gasteiger partial charge in [0.15, 0.2) is 5.43 Å². The Bertz CT molecular complexity index is 1720. The third-order valence-corrected chi connectivity index (χ3v) is 6.25. The zero-order valence-electron chi connectivity index (χ0n) is 19.7. The summed E-state index contributed by atoms with van der Waals surface area (Å²) in [6.07, 6.45) is -0.890. The molecule has 0 saturated carbocycles. The number of carbonyl (C=O) groups excluding carboxylic acids is 2. The number of fused-ring (bicyclic) bond motifs is 3. The van der Waals surface area contributed by atoms with E-state index >= 15 is 0 Å². The highest BCUT2D eigenvalue weighted by Crippen LogP contribution is 2.42. The van der Waals surface area contributed by atoms with E-state index in [0.717, 1.165) is 5.56 Å². The number of hydrogen-bond acceptors (Lipinski definition) is 7. The summed E-state index contributed by atoms with van der Waals surface area (Å²) in [5.41, 5.74) is 3.79. The second kappa shape index (κ2) is 8.95. The van der Waals surface area contributed by atoms with Crippen LogP contribution in [0.25, 0.3) is 33.4 Å². The molecule has 0 aromatic heterocycles. The minimum Gasteiger partial charge on any atom is -0.462 e. The SMILES string of the molecule is CCOC(=O)c1ccccc1-c1c2ccc(=O)cc-2oc2cc(OC3OC(=O)c4ccccc43)ccc12. The van der Waals surface area contributed by atoms with E-state index in [4.69, 9.17) is 18.6 Å². The van der Waals surface area contributed by atoms with Crippen molar-refractivity contribution in [2.24, 2.45) is 0 Å². The Balaban J connectivity index is 1.52. The van der Waals surface area contributed by atoms with Gasteiger partial charge in [0.05, 0.1) is 17.7 Å². The van der Waals surface area contributed by atoms with Crippen LogP contribution in [0.15, 0.2) is 94.1 Å². The average Bonchev–Trinajstić information content (AvgIpc) is 3.22. The first-order valence-electron chi connectivity index (χ1n) is 11.8. The number of esters is 2. The van der Waals surface area contributed by atoms with Crippen LogP contribution < -0.4 is 10.2 Å². The molecule has 3 aromatic rings. The molecule has 1 atom stereocenters. The monoisotopic (exact) mass is 492 g/mol. The van der Waals surface area contributed by atoms with Crippen molar-refractivity contribution in [2.45, 2.75) is 13.2 Å². The van der Waals surface area contributed by atoms with Crippen LogP contribution in [0, 0.1) is 0 Å². The summed E-state index contributed by atoms with van der Waals surface area (Å²) in [5, 5.41) is 0.707. The largest absolute Gasteiger partial charge is 0.462 e. The normalized spacial score (nSPS) is 14.4. The molecule has 7 nitrogen and oxygen atoms in total. The lowest BCUT2D eigenvalue weighted by atomic mass is 9.91. The number of hydrogen-bond donors (Lipinski definition) is 0. The second-order valence-electron chi connectivity index (χ2n) is 8.50. The molecule has 3 aromatic carbocycles. The summed E-state index contributed by atoms with van der Waals surface area (Å²) in [6, 6.07) is 24.0. The molecular weight excluding hydrogens is 472 g/mol. The Morgan fingerprint density at radius 1 is 0.865 bits per heavy atom. The van der Waals surface area contributed by atoms with Crippen LogP contribution in [0.3, 0.4) is 0 Å². The molecule has 0 amide bonds. The van der Waals surface area contributed by atoms with Crippen molar-refractivity contribution in [3.63, 3.8) is 0 Å². The highest BCUT2D eigenvalue weighted by Gasteiger charge is 2.32. The predicted octanol–water partition coefficient (Wildman–Crippen LogP) is 5.99. The van der Waals surface area contributed by atoms with Crippen LogP contribution in [0.5, 0.6) is 5.75 Å². The molecule has 2 aliphatic heterocycles. The van der Waals surface area contributed by atoms with Crippen molar-refractivity contribution in [2.75, 3.05) is 6.61 Å².